The van der Waals surface area contributed by atoms with Crippen molar-refractivity contribution in [3.63, 3.8) is 0 Å². The predicted molar refractivity (Wildman–Crippen MR) is 59.8 cm³/mol. The van der Waals surface area contributed by atoms with Gasteiger partial charge in [0.15, 0.2) is 0 Å². The molecular formula is C10H14BrN3. The van der Waals surface area contributed by atoms with Crippen LogP contribution in [0.15, 0.2) is 22.8 Å². The monoisotopic (exact) mass is 255 g/mol. The Morgan fingerprint density at radius 2 is 2.43 bits per heavy atom. The maximum Gasteiger partial charge on any atom is 0.106 e. The maximum atomic E-state index is 5.84. The van der Waals surface area contributed by atoms with Crippen LogP contribution >= 0.6 is 15.9 Å². The van der Waals surface area contributed by atoms with Crippen LogP contribution in [0.3, 0.4) is 0 Å². The molecule has 1 atom stereocenters. The van der Waals surface area contributed by atoms with Crippen molar-refractivity contribution in [3.8, 4) is 0 Å². The molecule has 0 bridgehead atoms. The van der Waals surface area contributed by atoms with E-state index in [4.69, 9.17) is 5.73 Å². The summed E-state index contributed by atoms with van der Waals surface area (Å²) in [5.74, 6) is 0. The number of nitrogens with two attached hydrogens (primary N) is 1. The Labute approximate surface area is 92.4 Å². The average Bonchev–Trinajstić information content (AvgIpc) is 2.51. The molecule has 0 radical (unpaired) electrons. The van der Waals surface area contributed by atoms with Crippen LogP contribution in [-0.4, -0.2) is 29.0 Å². The van der Waals surface area contributed by atoms with E-state index in [-0.39, 0.29) is 0 Å². The Morgan fingerprint density at radius 1 is 1.57 bits per heavy atom. The summed E-state index contributed by atoms with van der Waals surface area (Å²) in [5.41, 5.74) is 6.94. The molecule has 0 amide bonds. The standard InChI is InChI=1S/C10H14BrN3/c11-10-3-1-2-9(13-10)7-14-5-4-8(12)6-14/h1-3,8H,4-7,12H2. The molecule has 1 aromatic heterocycles. The normalized spacial score (nSPS) is 22.9. The minimum atomic E-state index is 0.349. The molecule has 0 spiro atoms. The topological polar surface area (TPSA) is 42.1 Å². The van der Waals surface area contributed by atoms with E-state index in [0.29, 0.717) is 6.04 Å². The van der Waals surface area contributed by atoms with E-state index in [1.807, 2.05) is 12.1 Å². The molecule has 1 saturated heterocycles. The predicted octanol–water partition coefficient (Wildman–Crippen LogP) is 1.38. The van der Waals surface area contributed by atoms with Crippen LogP contribution in [-0.2, 0) is 6.54 Å². The Morgan fingerprint density at radius 3 is 3.07 bits per heavy atom. The molecule has 2 heterocycles. The number of hydrogen-bond acceptors (Lipinski definition) is 3. The molecule has 2 N–H and O–H groups in total. The van der Waals surface area contributed by atoms with Gasteiger partial charge in [0, 0.05) is 25.7 Å². The maximum absolute atomic E-state index is 5.84. The number of rotatable bonds is 2. The van der Waals surface area contributed by atoms with Gasteiger partial charge in [-0.15, -0.1) is 0 Å². The van der Waals surface area contributed by atoms with Gasteiger partial charge in [-0.2, -0.15) is 0 Å². The van der Waals surface area contributed by atoms with E-state index in [1.54, 1.807) is 0 Å². The Kier molecular flexibility index (Phi) is 3.15. The van der Waals surface area contributed by atoms with Crippen LogP contribution in [0.1, 0.15) is 12.1 Å². The van der Waals surface area contributed by atoms with Crippen molar-refractivity contribution in [2.75, 3.05) is 13.1 Å². The summed E-state index contributed by atoms with van der Waals surface area (Å²) in [6.45, 7) is 3.00. The van der Waals surface area contributed by atoms with Gasteiger partial charge >= 0.3 is 0 Å². The fraction of sp³-hybridized carbons (Fsp3) is 0.500. The lowest BCUT2D eigenvalue weighted by molar-refractivity contribution is 0.322. The minimum absolute atomic E-state index is 0.349. The van der Waals surface area contributed by atoms with Crippen LogP contribution < -0.4 is 5.73 Å². The number of nitrogens with zero attached hydrogens (tertiary/aromatic N) is 2. The van der Waals surface area contributed by atoms with Crippen molar-refractivity contribution in [2.24, 2.45) is 5.73 Å². The van der Waals surface area contributed by atoms with Gasteiger partial charge in [0.25, 0.3) is 0 Å². The third kappa shape index (κ3) is 2.53. The average molecular weight is 256 g/mol. The molecule has 1 aliphatic rings. The Hall–Kier alpha value is -0.450. The van der Waals surface area contributed by atoms with Crippen molar-refractivity contribution >= 4 is 15.9 Å². The highest BCUT2D eigenvalue weighted by atomic mass is 79.9. The van der Waals surface area contributed by atoms with E-state index in [0.717, 1.165) is 36.4 Å². The molecule has 1 aliphatic heterocycles. The molecule has 14 heavy (non-hydrogen) atoms. The van der Waals surface area contributed by atoms with Crippen molar-refractivity contribution in [1.82, 2.24) is 9.88 Å². The van der Waals surface area contributed by atoms with Gasteiger partial charge in [0.1, 0.15) is 4.60 Å². The second-order valence-electron chi connectivity index (χ2n) is 3.74. The summed E-state index contributed by atoms with van der Waals surface area (Å²) in [6, 6.07) is 6.36. The van der Waals surface area contributed by atoms with Crippen molar-refractivity contribution in [2.45, 2.75) is 19.0 Å². The number of pyridine rings is 1. The summed E-state index contributed by atoms with van der Waals surface area (Å²) in [5, 5.41) is 0. The fourth-order valence-corrected chi connectivity index (χ4v) is 2.15. The van der Waals surface area contributed by atoms with Crippen LogP contribution in [0.4, 0.5) is 0 Å². The molecule has 1 aromatic rings. The first-order valence-electron chi connectivity index (χ1n) is 4.83. The highest BCUT2D eigenvalue weighted by Gasteiger charge is 2.18. The summed E-state index contributed by atoms with van der Waals surface area (Å²) < 4.78 is 0.901. The van der Waals surface area contributed by atoms with Gasteiger partial charge in [0.05, 0.1) is 5.69 Å². The van der Waals surface area contributed by atoms with E-state index < -0.39 is 0 Å². The van der Waals surface area contributed by atoms with Gasteiger partial charge < -0.3 is 5.73 Å². The lowest BCUT2D eigenvalue weighted by atomic mass is 10.3. The summed E-state index contributed by atoms with van der Waals surface area (Å²) in [4.78, 5) is 6.74. The molecule has 1 unspecified atom stereocenters. The summed E-state index contributed by atoms with van der Waals surface area (Å²) in [6.07, 6.45) is 1.11. The lowest BCUT2D eigenvalue weighted by Crippen LogP contribution is -2.26. The largest absolute Gasteiger partial charge is 0.326 e. The smallest absolute Gasteiger partial charge is 0.106 e. The third-order valence-corrected chi connectivity index (χ3v) is 2.91. The molecule has 0 aliphatic carbocycles. The SMILES string of the molecule is NC1CCN(Cc2cccc(Br)n2)C1. The van der Waals surface area contributed by atoms with Gasteiger partial charge in [-0.25, -0.2) is 4.98 Å². The van der Waals surface area contributed by atoms with E-state index in [9.17, 15) is 0 Å². The van der Waals surface area contributed by atoms with Crippen molar-refractivity contribution < 1.29 is 0 Å². The van der Waals surface area contributed by atoms with Gasteiger partial charge in [0.2, 0.25) is 0 Å². The number of likely N-dealkylation sites (tertiary alicyclic amines) is 1. The number of halogens is 1. The molecule has 0 aromatic carbocycles. The Balaban J connectivity index is 1.97. The number of hydrogen-bond donors (Lipinski definition) is 1. The minimum Gasteiger partial charge on any atom is -0.326 e. The summed E-state index contributed by atoms with van der Waals surface area (Å²) >= 11 is 3.37. The molecular weight excluding hydrogens is 242 g/mol. The van der Waals surface area contributed by atoms with Crippen LogP contribution in [0.5, 0.6) is 0 Å². The highest BCUT2D eigenvalue weighted by Crippen LogP contribution is 2.12. The van der Waals surface area contributed by atoms with E-state index >= 15 is 0 Å². The van der Waals surface area contributed by atoms with Gasteiger partial charge in [-0.3, -0.25) is 4.90 Å². The first-order chi connectivity index (χ1) is 6.74. The van der Waals surface area contributed by atoms with Gasteiger partial charge in [-0.05, 0) is 34.5 Å². The second-order valence-corrected chi connectivity index (χ2v) is 4.55. The first kappa shape index (κ1) is 10.1. The van der Waals surface area contributed by atoms with Crippen molar-refractivity contribution in [3.05, 3.63) is 28.5 Å². The highest BCUT2D eigenvalue weighted by molar-refractivity contribution is 9.10. The Bertz CT molecular complexity index is 316. The zero-order chi connectivity index (χ0) is 9.97. The molecule has 4 heteroatoms. The zero-order valence-electron chi connectivity index (χ0n) is 7.99. The van der Waals surface area contributed by atoms with E-state index in [1.165, 1.54) is 0 Å². The van der Waals surface area contributed by atoms with Crippen LogP contribution in [0.2, 0.25) is 0 Å². The third-order valence-electron chi connectivity index (χ3n) is 2.47. The van der Waals surface area contributed by atoms with E-state index in [2.05, 4.69) is 31.9 Å². The summed E-state index contributed by atoms with van der Waals surface area (Å²) in [7, 11) is 0. The molecule has 2 rings (SSSR count). The molecule has 3 nitrogen and oxygen atoms in total. The van der Waals surface area contributed by atoms with Crippen LogP contribution in [0, 0.1) is 0 Å². The zero-order valence-corrected chi connectivity index (χ0v) is 9.57. The fourth-order valence-electron chi connectivity index (χ4n) is 1.77. The quantitative estimate of drug-likeness (QED) is 0.813. The lowest BCUT2D eigenvalue weighted by Gasteiger charge is -2.14. The van der Waals surface area contributed by atoms with Gasteiger partial charge in [-0.1, -0.05) is 6.07 Å². The first-order valence-corrected chi connectivity index (χ1v) is 5.63. The molecule has 1 fully saturated rings. The van der Waals surface area contributed by atoms with Crippen molar-refractivity contribution in [1.29, 1.82) is 0 Å². The molecule has 76 valence electrons. The molecule has 0 saturated carbocycles. The second kappa shape index (κ2) is 4.38. The number of aromatic nitrogens is 1. The van der Waals surface area contributed by atoms with Crippen LogP contribution in [0.25, 0.3) is 0 Å².